The van der Waals surface area contributed by atoms with Gasteiger partial charge in [-0.2, -0.15) is 4.31 Å². The number of nitrogens with zero attached hydrogens (tertiary/aromatic N) is 1. The molecule has 0 heterocycles. The molecular weight excluding hydrogens is 378 g/mol. The van der Waals surface area contributed by atoms with E-state index >= 15 is 0 Å². The first-order valence-electron chi connectivity index (χ1n) is 9.89. The summed E-state index contributed by atoms with van der Waals surface area (Å²) in [5.41, 5.74) is 1.69. The zero-order chi connectivity index (χ0) is 20.2. The minimum absolute atomic E-state index is 0.293. The van der Waals surface area contributed by atoms with E-state index in [0.717, 1.165) is 17.7 Å². The zero-order valence-corrected chi connectivity index (χ0v) is 18.7. The van der Waals surface area contributed by atoms with Crippen molar-refractivity contribution in [1.29, 1.82) is 0 Å². The molecule has 1 aliphatic carbocycles. The molecule has 27 heavy (non-hydrogen) atoms. The molecule has 1 aromatic rings. The second-order valence-electron chi connectivity index (χ2n) is 7.54. The molecule has 5 nitrogen and oxygen atoms in total. The number of nitrogens with one attached hydrogen (secondary N) is 2. The number of thiocarbonyl (C=S) groups is 1. The van der Waals surface area contributed by atoms with Gasteiger partial charge < -0.3 is 10.6 Å². The van der Waals surface area contributed by atoms with Gasteiger partial charge in [0.25, 0.3) is 0 Å². The molecule has 0 bridgehead atoms. The molecule has 0 aliphatic heterocycles. The summed E-state index contributed by atoms with van der Waals surface area (Å²) in [5, 5.41) is 7.21. The van der Waals surface area contributed by atoms with Crippen LogP contribution in [0.1, 0.15) is 52.5 Å². The maximum atomic E-state index is 12.8. The van der Waals surface area contributed by atoms with Crippen LogP contribution in [0.3, 0.4) is 0 Å². The highest BCUT2D eigenvalue weighted by molar-refractivity contribution is 7.89. The first-order valence-corrected chi connectivity index (χ1v) is 11.7. The van der Waals surface area contributed by atoms with Crippen molar-refractivity contribution in [2.45, 2.75) is 64.8 Å². The summed E-state index contributed by atoms with van der Waals surface area (Å²) in [7, 11) is -3.49. The van der Waals surface area contributed by atoms with Gasteiger partial charge in [-0.05, 0) is 55.1 Å². The number of hydrogen-bond acceptors (Lipinski definition) is 3. The summed E-state index contributed by atoms with van der Waals surface area (Å²) in [6, 6.07) is 5.53. The lowest BCUT2D eigenvalue weighted by atomic mass is 9.78. The first kappa shape index (κ1) is 22.1. The third kappa shape index (κ3) is 5.21. The van der Waals surface area contributed by atoms with Crippen LogP contribution in [-0.4, -0.2) is 37.0 Å². The van der Waals surface area contributed by atoms with Crippen molar-refractivity contribution in [3.8, 4) is 0 Å². The average Bonchev–Trinajstić information content (AvgIpc) is 2.61. The molecule has 2 rings (SSSR count). The lowest BCUT2D eigenvalue weighted by Crippen LogP contribution is -2.45. The van der Waals surface area contributed by atoms with E-state index in [2.05, 4.69) is 24.5 Å². The van der Waals surface area contributed by atoms with Crippen molar-refractivity contribution in [2.24, 2.45) is 11.8 Å². The molecule has 0 radical (unpaired) electrons. The van der Waals surface area contributed by atoms with Crippen molar-refractivity contribution >= 4 is 33.0 Å². The van der Waals surface area contributed by atoms with Gasteiger partial charge in [0.2, 0.25) is 10.0 Å². The number of rotatable bonds is 6. The molecule has 1 aromatic carbocycles. The van der Waals surface area contributed by atoms with Crippen LogP contribution in [0.15, 0.2) is 23.1 Å². The monoisotopic (exact) mass is 411 g/mol. The highest BCUT2D eigenvalue weighted by atomic mass is 32.2. The van der Waals surface area contributed by atoms with Gasteiger partial charge in [0, 0.05) is 24.8 Å². The molecule has 0 amide bonds. The molecule has 1 fully saturated rings. The summed E-state index contributed by atoms with van der Waals surface area (Å²) < 4.78 is 27.0. The second kappa shape index (κ2) is 9.34. The molecule has 3 atom stereocenters. The fourth-order valence-electron chi connectivity index (χ4n) is 3.72. The molecule has 0 saturated heterocycles. The molecular formula is C20H33N3O2S2. The topological polar surface area (TPSA) is 61.4 Å². The molecule has 2 N–H and O–H groups in total. The zero-order valence-electron chi connectivity index (χ0n) is 17.1. The van der Waals surface area contributed by atoms with Crippen molar-refractivity contribution in [1.82, 2.24) is 9.62 Å². The lowest BCUT2D eigenvalue weighted by Gasteiger charge is -2.35. The molecule has 152 valence electrons. The molecule has 7 heteroatoms. The largest absolute Gasteiger partial charge is 0.359 e. The Morgan fingerprint density at radius 1 is 1.22 bits per heavy atom. The van der Waals surface area contributed by atoms with Gasteiger partial charge in [0.05, 0.1) is 4.90 Å². The van der Waals surface area contributed by atoms with Crippen LogP contribution in [0.5, 0.6) is 0 Å². The average molecular weight is 412 g/mol. The fraction of sp³-hybridized carbons (Fsp3) is 0.650. The Bertz CT molecular complexity index is 760. The van der Waals surface area contributed by atoms with Gasteiger partial charge in [-0.1, -0.05) is 46.6 Å². The van der Waals surface area contributed by atoms with Crippen molar-refractivity contribution in [3.63, 3.8) is 0 Å². The van der Waals surface area contributed by atoms with Crippen LogP contribution in [-0.2, 0) is 10.0 Å². The summed E-state index contributed by atoms with van der Waals surface area (Å²) in [6.07, 6.45) is 3.59. The summed E-state index contributed by atoms with van der Waals surface area (Å²) in [5.74, 6) is 1.25. The molecule has 1 aliphatic rings. The molecule has 3 unspecified atom stereocenters. The van der Waals surface area contributed by atoms with Gasteiger partial charge in [-0.25, -0.2) is 8.42 Å². The number of anilines is 1. The lowest BCUT2D eigenvalue weighted by molar-refractivity contribution is 0.225. The first-order chi connectivity index (χ1) is 12.7. The fourth-order valence-corrected chi connectivity index (χ4v) is 5.47. The predicted molar refractivity (Wildman–Crippen MR) is 117 cm³/mol. The Hall–Kier alpha value is -1.18. The van der Waals surface area contributed by atoms with Crippen LogP contribution >= 0.6 is 12.2 Å². The van der Waals surface area contributed by atoms with Crippen LogP contribution in [0, 0.1) is 18.8 Å². The van der Waals surface area contributed by atoms with E-state index in [1.807, 2.05) is 26.8 Å². The molecule has 1 saturated carbocycles. The van der Waals surface area contributed by atoms with E-state index in [1.165, 1.54) is 17.1 Å². The van der Waals surface area contributed by atoms with Crippen molar-refractivity contribution < 1.29 is 8.42 Å². The molecule has 0 aromatic heterocycles. The Labute approximate surface area is 170 Å². The van der Waals surface area contributed by atoms with Gasteiger partial charge >= 0.3 is 0 Å². The summed E-state index contributed by atoms with van der Waals surface area (Å²) in [6.45, 7) is 11.1. The van der Waals surface area contributed by atoms with E-state index < -0.39 is 10.0 Å². The minimum Gasteiger partial charge on any atom is -0.359 e. The van der Waals surface area contributed by atoms with Gasteiger partial charge in [-0.15, -0.1) is 0 Å². The standard InChI is InChI=1S/C20H33N3O2S2/c1-6-23(7-2)27(24,25)17-12-11-15(4)19(13-17)22-20(26)21-18-10-8-9-14(3)16(18)5/h11-14,16,18H,6-10H2,1-5H3,(H2,21,22,26). The van der Waals surface area contributed by atoms with Crippen LogP contribution in [0.2, 0.25) is 0 Å². The summed E-state index contributed by atoms with van der Waals surface area (Å²) in [4.78, 5) is 0.293. The van der Waals surface area contributed by atoms with Crippen LogP contribution in [0.25, 0.3) is 0 Å². The Balaban J connectivity index is 2.15. The number of benzene rings is 1. The number of sulfonamides is 1. The highest BCUT2D eigenvalue weighted by Gasteiger charge is 2.27. The smallest absolute Gasteiger partial charge is 0.243 e. The SMILES string of the molecule is CCN(CC)S(=O)(=O)c1ccc(C)c(NC(=S)NC2CCCC(C)C2C)c1. The number of aryl methyl sites for hydroxylation is 1. The third-order valence-corrected chi connectivity index (χ3v) is 8.09. The van der Waals surface area contributed by atoms with E-state index in [-0.39, 0.29) is 0 Å². The Kier molecular flexibility index (Phi) is 7.65. The summed E-state index contributed by atoms with van der Waals surface area (Å²) >= 11 is 5.52. The minimum atomic E-state index is -3.49. The Morgan fingerprint density at radius 2 is 1.89 bits per heavy atom. The third-order valence-electron chi connectivity index (χ3n) is 5.82. The van der Waals surface area contributed by atoms with E-state index in [4.69, 9.17) is 12.2 Å². The molecule has 0 spiro atoms. The maximum absolute atomic E-state index is 12.8. The van der Waals surface area contributed by atoms with Gasteiger partial charge in [0.1, 0.15) is 0 Å². The Morgan fingerprint density at radius 3 is 2.52 bits per heavy atom. The number of hydrogen-bond donors (Lipinski definition) is 2. The predicted octanol–water partition coefficient (Wildman–Crippen LogP) is 4.14. The highest BCUT2D eigenvalue weighted by Crippen LogP contribution is 2.29. The second-order valence-corrected chi connectivity index (χ2v) is 9.88. The van der Waals surface area contributed by atoms with Crippen molar-refractivity contribution in [2.75, 3.05) is 18.4 Å². The van der Waals surface area contributed by atoms with Crippen molar-refractivity contribution in [3.05, 3.63) is 23.8 Å². The quantitative estimate of drug-likeness (QED) is 0.689. The van der Waals surface area contributed by atoms with E-state index in [9.17, 15) is 8.42 Å². The van der Waals surface area contributed by atoms with Gasteiger partial charge in [0.15, 0.2) is 5.11 Å². The van der Waals surface area contributed by atoms with Crippen LogP contribution in [0.4, 0.5) is 5.69 Å². The van der Waals surface area contributed by atoms with E-state index in [1.54, 1.807) is 12.1 Å². The maximum Gasteiger partial charge on any atom is 0.243 e. The van der Waals surface area contributed by atoms with Gasteiger partial charge in [-0.3, -0.25) is 0 Å². The van der Waals surface area contributed by atoms with E-state index in [0.29, 0.717) is 41.0 Å². The normalized spacial score (nSPS) is 23.3. The van der Waals surface area contributed by atoms with Crippen LogP contribution < -0.4 is 10.6 Å².